The van der Waals surface area contributed by atoms with Crippen LogP contribution in [0.3, 0.4) is 0 Å². The molecule has 12 heavy (non-hydrogen) atoms. The molecule has 0 aliphatic heterocycles. The molecule has 0 amide bonds. The summed E-state index contributed by atoms with van der Waals surface area (Å²) >= 11 is 0. The van der Waals surface area contributed by atoms with Crippen molar-refractivity contribution >= 4 is 12.5 Å². The molecule has 62 valence electrons. The van der Waals surface area contributed by atoms with Crippen molar-refractivity contribution in [1.82, 2.24) is 0 Å². The first kappa shape index (κ1) is 8.53. The molecule has 1 aromatic carbocycles. The van der Waals surface area contributed by atoms with E-state index in [0.717, 1.165) is 5.56 Å². The van der Waals surface area contributed by atoms with Crippen molar-refractivity contribution in [2.75, 3.05) is 0 Å². The molecule has 1 rings (SSSR count). The molecule has 2 heteroatoms. The molecule has 2 nitrogen and oxygen atoms in total. The van der Waals surface area contributed by atoms with E-state index >= 15 is 0 Å². The smallest absolute Gasteiger partial charge is 0.298 e. The van der Waals surface area contributed by atoms with E-state index in [9.17, 15) is 4.79 Å². The van der Waals surface area contributed by atoms with Gasteiger partial charge in [-0.05, 0) is 18.6 Å². The van der Waals surface area contributed by atoms with Gasteiger partial charge in [0.15, 0.2) is 0 Å². The summed E-state index contributed by atoms with van der Waals surface area (Å²) in [4.78, 5) is 9.94. The molecule has 0 bridgehead atoms. The molecule has 0 saturated carbocycles. The average molecular weight is 162 g/mol. The second kappa shape index (κ2) is 4.34. The minimum Gasteiger partial charge on any atom is -0.434 e. The number of carbonyl (C=O) groups excluding carboxylic acids is 1. The van der Waals surface area contributed by atoms with Crippen LogP contribution < -0.4 is 0 Å². The maximum atomic E-state index is 9.94. The van der Waals surface area contributed by atoms with Gasteiger partial charge in [-0.2, -0.15) is 0 Å². The Morgan fingerprint density at radius 3 is 2.58 bits per heavy atom. The van der Waals surface area contributed by atoms with Gasteiger partial charge in [0.25, 0.3) is 6.47 Å². The number of hydrogen-bond donors (Lipinski definition) is 0. The molecular weight excluding hydrogens is 152 g/mol. The second-order valence-electron chi connectivity index (χ2n) is 2.38. The largest absolute Gasteiger partial charge is 0.434 e. The standard InChI is InChI=1S/C10H10O2/c1-9(12-8-11)7-10-5-3-2-4-6-10/h2-8H,1H3/b9-7+. The summed E-state index contributed by atoms with van der Waals surface area (Å²) in [6, 6.07) is 9.68. The summed E-state index contributed by atoms with van der Waals surface area (Å²) in [5.74, 6) is 0.594. The normalized spacial score (nSPS) is 10.9. The summed E-state index contributed by atoms with van der Waals surface area (Å²) < 4.78 is 4.63. The van der Waals surface area contributed by atoms with Crippen LogP contribution in [-0.2, 0) is 9.53 Å². The quantitative estimate of drug-likeness (QED) is 0.503. The zero-order valence-electron chi connectivity index (χ0n) is 6.86. The third-order valence-electron chi connectivity index (χ3n) is 1.40. The predicted octanol–water partition coefficient (Wildman–Crippen LogP) is 2.22. The Balaban J connectivity index is 2.74. The van der Waals surface area contributed by atoms with Crippen LogP contribution in [0.5, 0.6) is 0 Å². The van der Waals surface area contributed by atoms with Gasteiger partial charge >= 0.3 is 0 Å². The summed E-state index contributed by atoms with van der Waals surface area (Å²) in [5, 5.41) is 0. The van der Waals surface area contributed by atoms with Gasteiger partial charge in [0.1, 0.15) is 5.76 Å². The van der Waals surface area contributed by atoms with Crippen molar-refractivity contribution < 1.29 is 9.53 Å². The zero-order chi connectivity index (χ0) is 8.81. The van der Waals surface area contributed by atoms with Crippen molar-refractivity contribution in [1.29, 1.82) is 0 Å². The van der Waals surface area contributed by atoms with E-state index in [1.54, 1.807) is 13.0 Å². The molecule has 0 heterocycles. The van der Waals surface area contributed by atoms with E-state index in [-0.39, 0.29) is 0 Å². The fourth-order valence-electron chi connectivity index (χ4n) is 0.894. The Bertz CT molecular complexity index is 275. The maximum absolute atomic E-state index is 9.94. The summed E-state index contributed by atoms with van der Waals surface area (Å²) in [7, 11) is 0. The van der Waals surface area contributed by atoms with Crippen LogP contribution in [0.4, 0.5) is 0 Å². The zero-order valence-corrected chi connectivity index (χ0v) is 6.86. The predicted molar refractivity (Wildman–Crippen MR) is 47.2 cm³/mol. The van der Waals surface area contributed by atoms with Crippen molar-refractivity contribution in [3.63, 3.8) is 0 Å². The summed E-state index contributed by atoms with van der Waals surface area (Å²) in [5.41, 5.74) is 1.02. The number of hydrogen-bond acceptors (Lipinski definition) is 2. The molecule has 0 unspecified atom stereocenters. The van der Waals surface area contributed by atoms with E-state index < -0.39 is 0 Å². The molecule has 0 spiro atoms. The van der Waals surface area contributed by atoms with Crippen molar-refractivity contribution in [2.24, 2.45) is 0 Å². The molecule has 0 fully saturated rings. The fourth-order valence-corrected chi connectivity index (χ4v) is 0.894. The number of rotatable bonds is 3. The minimum atomic E-state index is 0.425. The minimum absolute atomic E-state index is 0.425. The Morgan fingerprint density at radius 2 is 2.00 bits per heavy atom. The number of benzene rings is 1. The molecule has 0 saturated heterocycles. The molecule has 0 atom stereocenters. The maximum Gasteiger partial charge on any atom is 0.298 e. The SMILES string of the molecule is C/C(=C\c1ccccc1)OC=O. The van der Waals surface area contributed by atoms with Gasteiger partial charge in [-0.3, -0.25) is 4.79 Å². The lowest BCUT2D eigenvalue weighted by atomic mass is 10.2. The lowest BCUT2D eigenvalue weighted by Gasteiger charge is -1.96. The van der Waals surface area contributed by atoms with Gasteiger partial charge in [-0.15, -0.1) is 0 Å². The van der Waals surface area contributed by atoms with E-state index in [2.05, 4.69) is 4.74 Å². The van der Waals surface area contributed by atoms with Gasteiger partial charge in [0.2, 0.25) is 0 Å². The Labute approximate surface area is 71.5 Å². The number of carbonyl (C=O) groups is 1. The van der Waals surface area contributed by atoms with Crippen LogP contribution in [-0.4, -0.2) is 6.47 Å². The highest BCUT2D eigenvalue weighted by Gasteiger charge is 1.88. The van der Waals surface area contributed by atoms with Crippen LogP contribution in [0.25, 0.3) is 6.08 Å². The first-order chi connectivity index (χ1) is 5.83. The lowest BCUT2D eigenvalue weighted by Crippen LogP contribution is -1.83. The Morgan fingerprint density at radius 1 is 1.33 bits per heavy atom. The third-order valence-corrected chi connectivity index (χ3v) is 1.40. The summed E-state index contributed by atoms with van der Waals surface area (Å²) in [6.45, 7) is 2.16. The molecule has 1 aromatic rings. The van der Waals surface area contributed by atoms with Crippen molar-refractivity contribution in [3.8, 4) is 0 Å². The summed E-state index contributed by atoms with van der Waals surface area (Å²) in [6.07, 6.45) is 1.80. The molecule has 0 aliphatic carbocycles. The van der Waals surface area contributed by atoms with Crippen LogP contribution in [0.15, 0.2) is 36.1 Å². The monoisotopic (exact) mass is 162 g/mol. The molecule has 0 N–H and O–H groups in total. The first-order valence-electron chi connectivity index (χ1n) is 3.66. The van der Waals surface area contributed by atoms with E-state index in [4.69, 9.17) is 0 Å². The van der Waals surface area contributed by atoms with Gasteiger partial charge in [-0.25, -0.2) is 0 Å². The van der Waals surface area contributed by atoms with Gasteiger partial charge in [0.05, 0.1) is 0 Å². The fraction of sp³-hybridized carbons (Fsp3) is 0.100. The van der Waals surface area contributed by atoms with E-state index in [0.29, 0.717) is 12.2 Å². The van der Waals surface area contributed by atoms with Crippen LogP contribution >= 0.6 is 0 Å². The van der Waals surface area contributed by atoms with Crippen LogP contribution in [0.2, 0.25) is 0 Å². The number of allylic oxidation sites excluding steroid dienone is 1. The van der Waals surface area contributed by atoms with Crippen molar-refractivity contribution in [3.05, 3.63) is 41.7 Å². The van der Waals surface area contributed by atoms with E-state index in [1.165, 1.54) is 0 Å². The molecule has 0 radical (unpaired) electrons. The highest BCUT2D eigenvalue weighted by molar-refractivity contribution is 5.53. The number of ether oxygens (including phenoxy) is 1. The second-order valence-corrected chi connectivity index (χ2v) is 2.38. The van der Waals surface area contributed by atoms with Gasteiger partial charge in [-0.1, -0.05) is 30.3 Å². The highest BCUT2D eigenvalue weighted by atomic mass is 16.5. The third kappa shape index (κ3) is 2.58. The lowest BCUT2D eigenvalue weighted by molar-refractivity contribution is -0.124. The van der Waals surface area contributed by atoms with Gasteiger partial charge in [0, 0.05) is 0 Å². The first-order valence-corrected chi connectivity index (χ1v) is 3.66. The molecular formula is C10H10O2. The van der Waals surface area contributed by atoms with Gasteiger partial charge < -0.3 is 4.74 Å². The van der Waals surface area contributed by atoms with Crippen LogP contribution in [0, 0.1) is 0 Å². The van der Waals surface area contributed by atoms with Crippen LogP contribution in [0.1, 0.15) is 12.5 Å². The Hall–Kier alpha value is -1.57. The van der Waals surface area contributed by atoms with Crippen molar-refractivity contribution in [2.45, 2.75) is 6.92 Å². The average Bonchev–Trinajstić information content (AvgIpc) is 2.06. The highest BCUT2D eigenvalue weighted by Crippen LogP contribution is 2.05. The molecule has 0 aliphatic rings. The van der Waals surface area contributed by atoms with E-state index in [1.807, 2.05) is 30.3 Å². The molecule has 0 aromatic heterocycles. The Kier molecular flexibility index (Phi) is 3.08. The topological polar surface area (TPSA) is 26.3 Å².